The summed E-state index contributed by atoms with van der Waals surface area (Å²) in [5.41, 5.74) is 1.15. The zero-order valence-electron chi connectivity index (χ0n) is 21.0. The van der Waals surface area contributed by atoms with Crippen LogP contribution in [-0.4, -0.2) is 45.6 Å². The summed E-state index contributed by atoms with van der Waals surface area (Å²) < 4.78 is 5.29. The molecule has 35 heavy (non-hydrogen) atoms. The summed E-state index contributed by atoms with van der Waals surface area (Å²) >= 11 is 0. The van der Waals surface area contributed by atoms with E-state index in [1.807, 2.05) is 30.3 Å². The quantitative estimate of drug-likeness (QED) is 0.529. The summed E-state index contributed by atoms with van der Waals surface area (Å²) in [5.74, 6) is -0.850. The number of nitrogens with one attached hydrogen (secondary N) is 2. The third-order valence-electron chi connectivity index (χ3n) is 5.70. The highest BCUT2D eigenvalue weighted by molar-refractivity contribution is 5.92. The van der Waals surface area contributed by atoms with Gasteiger partial charge in [0.1, 0.15) is 23.4 Å². The predicted octanol–water partition coefficient (Wildman–Crippen LogP) is 3.96. The summed E-state index contributed by atoms with van der Waals surface area (Å²) in [6.07, 6.45) is 0.762. The Morgan fingerprint density at radius 2 is 1.74 bits per heavy atom. The van der Waals surface area contributed by atoms with Gasteiger partial charge in [0.2, 0.25) is 11.8 Å². The highest BCUT2D eigenvalue weighted by Crippen LogP contribution is 2.39. The largest absolute Gasteiger partial charge is 0.507 e. The fourth-order valence-electron chi connectivity index (χ4n) is 3.84. The van der Waals surface area contributed by atoms with Crippen LogP contribution in [0.3, 0.4) is 0 Å². The van der Waals surface area contributed by atoms with E-state index in [0.717, 1.165) is 18.4 Å². The Morgan fingerprint density at radius 1 is 1.09 bits per heavy atom. The number of hydrogen-bond donors (Lipinski definition) is 3. The number of phenolic OH excluding ortho intramolecular Hbond substituents is 1. The first kappa shape index (κ1) is 26.1. The molecule has 1 saturated carbocycles. The molecule has 1 aliphatic rings. The molecule has 1 aliphatic carbocycles. The number of ether oxygens (including phenoxy) is 1. The smallest absolute Gasteiger partial charge is 0.408 e. The van der Waals surface area contributed by atoms with Crippen molar-refractivity contribution in [3.05, 3.63) is 65.2 Å². The van der Waals surface area contributed by atoms with Crippen LogP contribution in [0.1, 0.15) is 63.3 Å². The summed E-state index contributed by atoms with van der Waals surface area (Å²) in [5, 5.41) is 16.3. The molecule has 188 valence electrons. The number of aryl methyl sites for hydroxylation is 1. The number of hydrogen-bond acceptors (Lipinski definition) is 5. The van der Waals surface area contributed by atoms with Crippen LogP contribution in [-0.2, 0) is 20.9 Å². The molecule has 0 heterocycles. The highest BCUT2D eigenvalue weighted by Gasteiger charge is 2.44. The third kappa shape index (κ3) is 6.97. The van der Waals surface area contributed by atoms with E-state index >= 15 is 0 Å². The first-order chi connectivity index (χ1) is 16.5. The van der Waals surface area contributed by atoms with Crippen LogP contribution in [0.5, 0.6) is 5.75 Å². The standard InChI is InChI=1S/C27H35N3O5/c1-17-10-9-13-21(23(17)31)22(24(32)28-16-19-11-7-6-8-12-19)30(20-14-15-20)25(33)18(2)29-26(34)35-27(3,4)5/h6-13,18,20,22,31H,14-16H2,1-5H3,(H,28,32)(H,29,34). The Morgan fingerprint density at radius 3 is 2.34 bits per heavy atom. The van der Waals surface area contributed by atoms with E-state index in [-0.39, 0.29) is 18.3 Å². The molecular formula is C27H35N3O5. The van der Waals surface area contributed by atoms with Crippen molar-refractivity contribution in [1.29, 1.82) is 0 Å². The minimum absolute atomic E-state index is 0.0291. The van der Waals surface area contributed by atoms with Crippen LogP contribution in [0.15, 0.2) is 48.5 Å². The maximum Gasteiger partial charge on any atom is 0.408 e. The van der Waals surface area contributed by atoms with Gasteiger partial charge in [0.15, 0.2) is 0 Å². The van der Waals surface area contributed by atoms with Gasteiger partial charge in [-0.25, -0.2) is 4.79 Å². The number of rotatable bonds is 8. The van der Waals surface area contributed by atoms with Crippen LogP contribution in [0.2, 0.25) is 0 Å². The molecule has 1 fully saturated rings. The zero-order chi connectivity index (χ0) is 25.8. The van der Waals surface area contributed by atoms with Crippen molar-refractivity contribution in [2.45, 2.75) is 77.7 Å². The van der Waals surface area contributed by atoms with Gasteiger partial charge in [-0.05, 0) is 58.6 Å². The van der Waals surface area contributed by atoms with E-state index in [1.165, 1.54) is 4.90 Å². The van der Waals surface area contributed by atoms with E-state index in [0.29, 0.717) is 11.1 Å². The molecule has 8 nitrogen and oxygen atoms in total. The van der Waals surface area contributed by atoms with Crippen LogP contribution in [0.4, 0.5) is 4.79 Å². The molecule has 8 heteroatoms. The lowest BCUT2D eigenvalue weighted by Crippen LogP contribution is -2.52. The topological polar surface area (TPSA) is 108 Å². The van der Waals surface area contributed by atoms with Crippen molar-refractivity contribution in [3.8, 4) is 5.75 Å². The van der Waals surface area contributed by atoms with E-state index in [4.69, 9.17) is 4.74 Å². The van der Waals surface area contributed by atoms with Crippen molar-refractivity contribution >= 4 is 17.9 Å². The minimum Gasteiger partial charge on any atom is -0.507 e. The lowest BCUT2D eigenvalue weighted by molar-refractivity contribution is -0.143. The number of benzene rings is 2. The van der Waals surface area contributed by atoms with Gasteiger partial charge in [0.05, 0.1) is 0 Å². The first-order valence-corrected chi connectivity index (χ1v) is 11.9. The van der Waals surface area contributed by atoms with Gasteiger partial charge in [-0.1, -0.05) is 48.5 Å². The Hall–Kier alpha value is -3.55. The van der Waals surface area contributed by atoms with Crippen molar-refractivity contribution in [3.63, 3.8) is 0 Å². The molecule has 0 aliphatic heterocycles. The van der Waals surface area contributed by atoms with Crippen LogP contribution < -0.4 is 10.6 Å². The minimum atomic E-state index is -1.05. The van der Waals surface area contributed by atoms with E-state index < -0.39 is 35.6 Å². The van der Waals surface area contributed by atoms with Crippen molar-refractivity contribution in [1.82, 2.24) is 15.5 Å². The second-order valence-corrected chi connectivity index (χ2v) is 9.96. The number of carbonyl (C=O) groups is 3. The lowest BCUT2D eigenvalue weighted by atomic mass is 9.99. The van der Waals surface area contributed by atoms with Crippen molar-refractivity contribution < 1.29 is 24.2 Å². The molecule has 0 spiro atoms. The van der Waals surface area contributed by atoms with Gasteiger partial charge in [-0.15, -0.1) is 0 Å². The third-order valence-corrected chi connectivity index (χ3v) is 5.70. The van der Waals surface area contributed by atoms with E-state index in [9.17, 15) is 19.5 Å². The molecule has 2 atom stereocenters. The number of para-hydroxylation sites is 1. The van der Waals surface area contributed by atoms with Gasteiger partial charge in [0.25, 0.3) is 0 Å². The molecule has 3 N–H and O–H groups in total. The normalized spacial score (nSPS) is 15.0. The number of carbonyl (C=O) groups excluding carboxylic acids is 3. The molecule has 3 rings (SSSR count). The molecule has 2 unspecified atom stereocenters. The van der Waals surface area contributed by atoms with E-state index in [1.54, 1.807) is 52.8 Å². The fraction of sp³-hybridized carbons (Fsp3) is 0.444. The Balaban J connectivity index is 1.89. The SMILES string of the molecule is Cc1cccc(C(C(=O)NCc2ccccc2)N(C(=O)C(C)NC(=O)OC(C)(C)C)C2CC2)c1O. The second-order valence-electron chi connectivity index (χ2n) is 9.96. The summed E-state index contributed by atoms with van der Waals surface area (Å²) in [7, 11) is 0. The summed E-state index contributed by atoms with van der Waals surface area (Å²) in [6.45, 7) is 8.81. The number of phenols is 1. The molecule has 0 bridgehead atoms. The van der Waals surface area contributed by atoms with Gasteiger partial charge < -0.3 is 25.4 Å². The maximum atomic E-state index is 13.6. The Labute approximate surface area is 206 Å². The number of alkyl carbamates (subject to hydrolysis) is 1. The monoisotopic (exact) mass is 481 g/mol. The van der Waals surface area contributed by atoms with Gasteiger partial charge >= 0.3 is 6.09 Å². The molecule has 3 amide bonds. The molecule has 0 saturated heterocycles. The van der Waals surface area contributed by atoms with Crippen LogP contribution >= 0.6 is 0 Å². The number of amides is 3. The average molecular weight is 482 g/mol. The van der Waals surface area contributed by atoms with E-state index in [2.05, 4.69) is 10.6 Å². The molecule has 2 aromatic carbocycles. The van der Waals surface area contributed by atoms with Crippen LogP contribution in [0, 0.1) is 6.92 Å². The number of nitrogens with zero attached hydrogens (tertiary/aromatic N) is 1. The molecule has 2 aromatic rings. The van der Waals surface area contributed by atoms with Crippen molar-refractivity contribution in [2.75, 3.05) is 0 Å². The van der Waals surface area contributed by atoms with Gasteiger partial charge in [0, 0.05) is 18.2 Å². The summed E-state index contributed by atoms with van der Waals surface area (Å²) in [6, 6.07) is 12.5. The molecule has 0 aromatic heterocycles. The molecular weight excluding hydrogens is 446 g/mol. The summed E-state index contributed by atoms with van der Waals surface area (Å²) in [4.78, 5) is 41.0. The van der Waals surface area contributed by atoms with Gasteiger partial charge in [-0.2, -0.15) is 0 Å². The van der Waals surface area contributed by atoms with Gasteiger partial charge in [-0.3, -0.25) is 9.59 Å². The number of aromatic hydroxyl groups is 1. The Bertz CT molecular complexity index is 1060. The predicted molar refractivity (Wildman–Crippen MR) is 133 cm³/mol. The highest BCUT2D eigenvalue weighted by atomic mass is 16.6. The zero-order valence-corrected chi connectivity index (χ0v) is 21.0. The first-order valence-electron chi connectivity index (χ1n) is 11.9. The molecule has 0 radical (unpaired) electrons. The lowest BCUT2D eigenvalue weighted by Gasteiger charge is -2.34. The van der Waals surface area contributed by atoms with Crippen molar-refractivity contribution in [2.24, 2.45) is 0 Å². The second kappa shape index (κ2) is 10.8. The van der Waals surface area contributed by atoms with Crippen LogP contribution in [0.25, 0.3) is 0 Å². The fourth-order valence-corrected chi connectivity index (χ4v) is 3.84. The maximum absolute atomic E-state index is 13.6. The Kier molecular flexibility index (Phi) is 8.04. The average Bonchev–Trinajstić information content (AvgIpc) is 3.62.